The Morgan fingerprint density at radius 3 is 2.47 bits per heavy atom. The summed E-state index contributed by atoms with van der Waals surface area (Å²) in [5, 5.41) is 5.94. The maximum Gasteiger partial charge on any atom is 0.315 e. The molecule has 0 aromatic heterocycles. The first kappa shape index (κ1) is 10.7. The summed E-state index contributed by atoms with van der Waals surface area (Å²) in [6.45, 7) is 4.26. The minimum Gasteiger partial charge on any atom is -0.381 e. The lowest BCUT2D eigenvalue weighted by Crippen LogP contribution is -2.63. The highest BCUT2D eigenvalue weighted by Crippen LogP contribution is 2.42. The lowest BCUT2D eigenvalue weighted by atomic mass is 9.64. The van der Waals surface area contributed by atoms with E-state index in [0.29, 0.717) is 6.04 Å². The zero-order chi connectivity index (χ0) is 11.1. The lowest BCUT2D eigenvalue weighted by molar-refractivity contribution is -0.0935. The summed E-state index contributed by atoms with van der Waals surface area (Å²) in [7, 11) is 1.73. The van der Waals surface area contributed by atoms with E-state index in [4.69, 9.17) is 4.74 Å². The summed E-state index contributed by atoms with van der Waals surface area (Å²) in [6, 6.07) is 0.637. The molecule has 2 aliphatic rings. The summed E-state index contributed by atoms with van der Waals surface area (Å²) >= 11 is 0. The Kier molecular flexibility index (Phi) is 2.63. The summed E-state index contributed by atoms with van der Waals surface area (Å²) in [5.74, 6) is 0. The van der Waals surface area contributed by atoms with Crippen LogP contribution in [0.1, 0.15) is 33.1 Å². The molecule has 2 saturated carbocycles. The normalized spacial score (nSPS) is 33.0. The van der Waals surface area contributed by atoms with Crippen molar-refractivity contribution in [2.24, 2.45) is 5.41 Å². The Morgan fingerprint density at radius 1 is 1.33 bits per heavy atom. The van der Waals surface area contributed by atoms with Crippen molar-refractivity contribution >= 4 is 6.03 Å². The third-order valence-corrected chi connectivity index (χ3v) is 3.68. The van der Waals surface area contributed by atoms with Gasteiger partial charge in [0.2, 0.25) is 0 Å². The van der Waals surface area contributed by atoms with Crippen LogP contribution in [0.15, 0.2) is 0 Å². The number of rotatable bonds is 3. The summed E-state index contributed by atoms with van der Waals surface area (Å²) in [5.41, 5.74) is 0.0512. The van der Waals surface area contributed by atoms with Crippen LogP contribution < -0.4 is 10.6 Å². The van der Waals surface area contributed by atoms with E-state index in [1.807, 2.05) is 0 Å². The minimum absolute atomic E-state index is 0.0230. The number of hydrogen-bond acceptors (Lipinski definition) is 2. The van der Waals surface area contributed by atoms with Gasteiger partial charge in [-0.25, -0.2) is 4.79 Å². The van der Waals surface area contributed by atoms with Crippen LogP contribution in [0, 0.1) is 5.41 Å². The van der Waals surface area contributed by atoms with E-state index >= 15 is 0 Å². The number of amides is 2. The van der Waals surface area contributed by atoms with Crippen LogP contribution in [0.3, 0.4) is 0 Å². The van der Waals surface area contributed by atoms with Gasteiger partial charge in [-0.15, -0.1) is 0 Å². The van der Waals surface area contributed by atoms with Crippen LogP contribution >= 0.6 is 0 Å². The van der Waals surface area contributed by atoms with Crippen LogP contribution in [0.4, 0.5) is 4.79 Å². The molecule has 2 N–H and O–H groups in total. The number of methoxy groups -OCH3 is 1. The molecular formula is C11H20N2O2. The summed E-state index contributed by atoms with van der Waals surface area (Å²) < 4.78 is 5.33. The van der Waals surface area contributed by atoms with Gasteiger partial charge in [-0.05, 0) is 19.3 Å². The van der Waals surface area contributed by atoms with Crippen LogP contribution in [-0.4, -0.2) is 31.3 Å². The molecule has 4 heteroatoms. The van der Waals surface area contributed by atoms with E-state index < -0.39 is 0 Å². The molecule has 2 atom stereocenters. The van der Waals surface area contributed by atoms with Crippen molar-refractivity contribution in [1.82, 2.24) is 10.6 Å². The molecule has 0 bridgehead atoms. The number of urea groups is 1. The topological polar surface area (TPSA) is 50.4 Å². The molecule has 0 aliphatic heterocycles. The quantitative estimate of drug-likeness (QED) is 0.740. The van der Waals surface area contributed by atoms with E-state index in [-0.39, 0.29) is 23.6 Å². The average Bonchev–Trinajstić information content (AvgIpc) is 2.95. The Bertz CT molecular complexity index is 261. The lowest BCUT2D eigenvalue weighted by Gasteiger charge is -2.51. The number of nitrogens with one attached hydrogen (secondary N) is 2. The van der Waals surface area contributed by atoms with E-state index in [2.05, 4.69) is 24.5 Å². The van der Waals surface area contributed by atoms with Crippen molar-refractivity contribution in [1.29, 1.82) is 0 Å². The van der Waals surface area contributed by atoms with E-state index in [1.165, 1.54) is 0 Å². The predicted molar refractivity (Wildman–Crippen MR) is 57.7 cm³/mol. The molecule has 2 aliphatic carbocycles. The molecule has 86 valence electrons. The van der Waals surface area contributed by atoms with Crippen molar-refractivity contribution in [3.8, 4) is 0 Å². The fourth-order valence-electron chi connectivity index (χ4n) is 2.14. The molecule has 2 unspecified atom stereocenters. The number of ether oxygens (including phenoxy) is 1. The third-order valence-electron chi connectivity index (χ3n) is 3.68. The van der Waals surface area contributed by atoms with Gasteiger partial charge in [0, 0.05) is 24.6 Å². The maximum atomic E-state index is 11.5. The van der Waals surface area contributed by atoms with Gasteiger partial charge in [-0.1, -0.05) is 13.8 Å². The Hall–Kier alpha value is -0.770. The standard InChI is InChI=1S/C11H20N2O2/c1-11(2)8(6-9(11)15-3)13-10(14)12-7-4-5-7/h7-9H,4-6H2,1-3H3,(H2,12,13,14). The molecule has 0 aromatic rings. The first-order valence-corrected chi connectivity index (χ1v) is 5.64. The first-order chi connectivity index (χ1) is 7.04. The van der Waals surface area contributed by atoms with Gasteiger partial charge >= 0.3 is 6.03 Å². The Labute approximate surface area is 90.8 Å². The van der Waals surface area contributed by atoms with Gasteiger partial charge in [0.05, 0.1) is 6.10 Å². The molecule has 0 heterocycles. The van der Waals surface area contributed by atoms with Gasteiger partial charge in [0.15, 0.2) is 0 Å². The van der Waals surface area contributed by atoms with E-state index in [1.54, 1.807) is 7.11 Å². The second kappa shape index (κ2) is 3.67. The molecule has 2 fully saturated rings. The number of carbonyl (C=O) groups excluding carboxylic acids is 1. The van der Waals surface area contributed by atoms with E-state index in [0.717, 1.165) is 19.3 Å². The largest absolute Gasteiger partial charge is 0.381 e. The molecule has 0 aromatic carbocycles. The monoisotopic (exact) mass is 212 g/mol. The fraction of sp³-hybridized carbons (Fsp3) is 0.909. The highest BCUT2D eigenvalue weighted by Gasteiger charge is 2.49. The number of hydrogen-bond donors (Lipinski definition) is 2. The SMILES string of the molecule is COC1CC(NC(=O)NC2CC2)C1(C)C. The molecule has 0 saturated heterocycles. The summed E-state index contributed by atoms with van der Waals surface area (Å²) in [4.78, 5) is 11.5. The van der Waals surface area contributed by atoms with Crippen LogP contribution in [0.5, 0.6) is 0 Å². The van der Waals surface area contributed by atoms with Crippen molar-refractivity contribution < 1.29 is 9.53 Å². The third kappa shape index (κ3) is 2.09. The van der Waals surface area contributed by atoms with Crippen LogP contribution in [0.2, 0.25) is 0 Å². The number of carbonyl (C=O) groups is 1. The molecule has 2 rings (SSSR count). The first-order valence-electron chi connectivity index (χ1n) is 5.64. The predicted octanol–water partition coefficient (Wildman–Crippen LogP) is 1.26. The fourth-order valence-corrected chi connectivity index (χ4v) is 2.14. The van der Waals surface area contributed by atoms with Gasteiger partial charge in [0.1, 0.15) is 0 Å². The maximum absolute atomic E-state index is 11.5. The van der Waals surface area contributed by atoms with Crippen molar-refractivity contribution in [3.05, 3.63) is 0 Å². The van der Waals surface area contributed by atoms with Gasteiger partial charge in [0.25, 0.3) is 0 Å². The second-order valence-electron chi connectivity index (χ2n) is 5.23. The van der Waals surface area contributed by atoms with Gasteiger partial charge in [-0.3, -0.25) is 0 Å². The zero-order valence-electron chi connectivity index (χ0n) is 9.67. The van der Waals surface area contributed by atoms with Gasteiger partial charge < -0.3 is 15.4 Å². The van der Waals surface area contributed by atoms with Crippen LogP contribution in [0.25, 0.3) is 0 Å². The zero-order valence-corrected chi connectivity index (χ0v) is 9.67. The van der Waals surface area contributed by atoms with Gasteiger partial charge in [-0.2, -0.15) is 0 Å². The highest BCUT2D eigenvalue weighted by atomic mass is 16.5. The highest BCUT2D eigenvalue weighted by molar-refractivity contribution is 5.75. The second-order valence-corrected chi connectivity index (χ2v) is 5.23. The van der Waals surface area contributed by atoms with Crippen molar-refractivity contribution in [3.63, 3.8) is 0 Å². The molecular weight excluding hydrogens is 192 g/mol. The molecule has 4 nitrogen and oxygen atoms in total. The minimum atomic E-state index is -0.0230. The molecule has 15 heavy (non-hydrogen) atoms. The average molecular weight is 212 g/mol. The van der Waals surface area contributed by atoms with E-state index in [9.17, 15) is 4.79 Å². The molecule has 0 spiro atoms. The van der Waals surface area contributed by atoms with Crippen molar-refractivity contribution in [2.45, 2.75) is 51.3 Å². The smallest absolute Gasteiger partial charge is 0.315 e. The Balaban J connectivity index is 1.78. The summed E-state index contributed by atoms with van der Waals surface area (Å²) in [6.07, 6.45) is 3.44. The Morgan fingerprint density at radius 2 is 2.00 bits per heavy atom. The van der Waals surface area contributed by atoms with Crippen LogP contribution in [-0.2, 0) is 4.74 Å². The molecule has 0 radical (unpaired) electrons. The van der Waals surface area contributed by atoms with Crippen molar-refractivity contribution in [2.75, 3.05) is 7.11 Å². The molecule has 2 amide bonds.